The second-order valence-corrected chi connectivity index (χ2v) is 7.41. The number of pyridine rings is 1. The van der Waals surface area contributed by atoms with E-state index >= 15 is 0 Å². The molecule has 0 bridgehead atoms. The molecule has 1 amide bonds. The summed E-state index contributed by atoms with van der Waals surface area (Å²) in [4.78, 5) is 15.8. The smallest absolute Gasteiger partial charge is 0.264 e. The van der Waals surface area contributed by atoms with Crippen LogP contribution in [0.4, 0.5) is 11.4 Å². The van der Waals surface area contributed by atoms with Gasteiger partial charge in [0.1, 0.15) is 16.3 Å². The Morgan fingerprint density at radius 1 is 1.25 bits per heavy atom. The monoisotopic (exact) mass is 345 g/mol. The quantitative estimate of drug-likeness (QED) is 0.882. The number of amides is 1. The van der Waals surface area contributed by atoms with Gasteiger partial charge < -0.3 is 10.1 Å². The van der Waals surface area contributed by atoms with Crippen LogP contribution in [0.15, 0.2) is 35.4 Å². The fourth-order valence-corrected chi connectivity index (χ4v) is 4.20. The third-order valence-corrected chi connectivity index (χ3v) is 5.50. The van der Waals surface area contributed by atoms with Crippen LogP contribution >= 0.6 is 0 Å². The Morgan fingerprint density at radius 2 is 2.12 bits per heavy atom. The highest BCUT2D eigenvalue weighted by Gasteiger charge is 2.26. The summed E-state index contributed by atoms with van der Waals surface area (Å²) in [5.41, 5.74) is 2.67. The summed E-state index contributed by atoms with van der Waals surface area (Å²) in [6.07, 6.45) is 4.39. The van der Waals surface area contributed by atoms with E-state index in [0.29, 0.717) is 11.4 Å². The Kier molecular flexibility index (Phi) is 3.42. The zero-order chi connectivity index (χ0) is 16.7. The van der Waals surface area contributed by atoms with Crippen molar-refractivity contribution < 1.29 is 17.9 Å². The Bertz CT molecular complexity index is 940. The Hall–Kier alpha value is -2.61. The van der Waals surface area contributed by atoms with Crippen LogP contribution in [0.2, 0.25) is 0 Å². The van der Waals surface area contributed by atoms with Crippen molar-refractivity contribution in [2.45, 2.75) is 24.2 Å². The fourth-order valence-electron chi connectivity index (χ4n) is 2.99. The maximum Gasteiger partial charge on any atom is 0.264 e. The molecule has 124 valence electrons. The second kappa shape index (κ2) is 5.48. The lowest BCUT2D eigenvalue weighted by molar-refractivity contribution is -0.118. The van der Waals surface area contributed by atoms with Crippen LogP contribution in [0.5, 0.6) is 5.75 Å². The van der Waals surface area contributed by atoms with Crippen molar-refractivity contribution in [2.75, 3.05) is 16.6 Å². The molecule has 24 heavy (non-hydrogen) atoms. The SMILES string of the molecule is O=C1COc2cccc(S(=O)(=O)Nc3cnc4c(c3)CCC4)c2N1. The van der Waals surface area contributed by atoms with Crippen molar-refractivity contribution in [2.24, 2.45) is 0 Å². The van der Waals surface area contributed by atoms with Gasteiger partial charge in [-0.2, -0.15) is 0 Å². The number of sulfonamides is 1. The zero-order valence-electron chi connectivity index (χ0n) is 12.7. The first-order valence-corrected chi connectivity index (χ1v) is 9.07. The number of hydrogen-bond donors (Lipinski definition) is 2. The minimum Gasteiger partial charge on any atom is -0.482 e. The van der Waals surface area contributed by atoms with E-state index in [9.17, 15) is 13.2 Å². The number of nitrogens with one attached hydrogen (secondary N) is 2. The summed E-state index contributed by atoms with van der Waals surface area (Å²) in [5, 5.41) is 2.56. The number of benzene rings is 1. The van der Waals surface area contributed by atoms with Crippen LogP contribution in [0, 0.1) is 0 Å². The van der Waals surface area contributed by atoms with E-state index in [0.717, 1.165) is 30.5 Å². The first-order valence-electron chi connectivity index (χ1n) is 7.59. The lowest BCUT2D eigenvalue weighted by atomic mass is 10.2. The molecule has 0 radical (unpaired) electrons. The Labute approximate surface area is 139 Å². The molecule has 2 aromatic rings. The number of carbonyl (C=O) groups excluding carboxylic acids is 1. The molecule has 2 heterocycles. The van der Waals surface area contributed by atoms with Crippen LogP contribution < -0.4 is 14.8 Å². The fraction of sp³-hybridized carbons (Fsp3) is 0.250. The van der Waals surface area contributed by atoms with E-state index < -0.39 is 10.0 Å². The van der Waals surface area contributed by atoms with E-state index in [4.69, 9.17) is 4.74 Å². The maximum absolute atomic E-state index is 12.7. The standard InChI is InChI=1S/C16H15N3O4S/c20-15-9-23-13-5-2-6-14(16(13)18-15)24(21,22)19-11-7-10-3-1-4-12(10)17-8-11/h2,5-8,19H,1,3-4,9H2,(H,18,20). The largest absolute Gasteiger partial charge is 0.482 e. The summed E-state index contributed by atoms with van der Waals surface area (Å²) in [6.45, 7) is -0.126. The van der Waals surface area contributed by atoms with Gasteiger partial charge in [0.2, 0.25) is 0 Å². The molecular formula is C16H15N3O4S. The molecule has 4 rings (SSSR count). The molecule has 2 aliphatic rings. The summed E-state index contributed by atoms with van der Waals surface area (Å²) in [5.74, 6) is -0.0473. The normalized spacial score (nSPS) is 15.9. The summed E-state index contributed by atoms with van der Waals surface area (Å²) in [6, 6.07) is 6.44. The van der Waals surface area contributed by atoms with E-state index in [-0.39, 0.29) is 23.1 Å². The van der Waals surface area contributed by atoms with Crippen molar-refractivity contribution in [1.29, 1.82) is 0 Å². The van der Waals surface area contributed by atoms with Gasteiger partial charge in [-0.25, -0.2) is 8.42 Å². The van der Waals surface area contributed by atoms with Gasteiger partial charge in [0.25, 0.3) is 15.9 Å². The molecule has 7 nitrogen and oxygen atoms in total. The topological polar surface area (TPSA) is 97.4 Å². The molecule has 1 aliphatic carbocycles. The number of carbonyl (C=O) groups is 1. The van der Waals surface area contributed by atoms with Crippen molar-refractivity contribution in [3.05, 3.63) is 41.7 Å². The predicted molar refractivity (Wildman–Crippen MR) is 87.6 cm³/mol. The molecule has 0 saturated carbocycles. The lowest BCUT2D eigenvalue weighted by Gasteiger charge is -2.20. The van der Waals surface area contributed by atoms with Gasteiger partial charge in [-0.15, -0.1) is 0 Å². The van der Waals surface area contributed by atoms with Crippen molar-refractivity contribution in [1.82, 2.24) is 4.98 Å². The summed E-state index contributed by atoms with van der Waals surface area (Å²) < 4.78 is 33.3. The summed E-state index contributed by atoms with van der Waals surface area (Å²) in [7, 11) is -3.88. The van der Waals surface area contributed by atoms with E-state index in [1.54, 1.807) is 12.1 Å². The molecule has 1 aromatic heterocycles. The average molecular weight is 345 g/mol. The maximum atomic E-state index is 12.7. The first-order chi connectivity index (χ1) is 11.5. The minimum atomic E-state index is -3.88. The van der Waals surface area contributed by atoms with Crippen LogP contribution in [0.1, 0.15) is 17.7 Å². The van der Waals surface area contributed by atoms with Gasteiger partial charge >= 0.3 is 0 Å². The highest BCUT2D eigenvalue weighted by atomic mass is 32.2. The minimum absolute atomic E-state index is 0.0338. The van der Waals surface area contributed by atoms with E-state index in [2.05, 4.69) is 15.0 Å². The number of ether oxygens (including phenoxy) is 1. The number of anilines is 2. The molecule has 1 aliphatic heterocycles. The van der Waals surface area contributed by atoms with Crippen LogP contribution in [-0.2, 0) is 27.7 Å². The zero-order valence-corrected chi connectivity index (χ0v) is 13.5. The van der Waals surface area contributed by atoms with Gasteiger partial charge in [0, 0.05) is 5.69 Å². The lowest BCUT2D eigenvalue weighted by Crippen LogP contribution is -2.27. The van der Waals surface area contributed by atoms with Crippen LogP contribution in [-0.4, -0.2) is 25.9 Å². The van der Waals surface area contributed by atoms with Gasteiger partial charge in [-0.1, -0.05) is 6.07 Å². The number of aromatic nitrogens is 1. The number of hydrogen-bond acceptors (Lipinski definition) is 5. The highest BCUT2D eigenvalue weighted by molar-refractivity contribution is 7.92. The van der Waals surface area contributed by atoms with Gasteiger partial charge in [-0.05, 0) is 43.0 Å². The second-order valence-electron chi connectivity index (χ2n) is 5.75. The number of aryl methyl sites for hydroxylation is 2. The van der Waals surface area contributed by atoms with Crippen LogP contribution in [0.3, 0.4) is 0 Å². The molecule has 2 N–H and O–H groups in total. The van der Waals surface area contributed by atoms with Gasteiger partial charge in [0.15, 0.2) is 6.61 Å². The Morgan fingerprint density at radius 3 is 3.00 bits per heavy atom. The molecule has 0 unspecified atom stereocenters. The summed E-state index contributed by atoms with van der Waals surface area (Å²) >= 11 is 0. The molecule has 0 fully saturated rings. The molecule has 0 saturated heterocycles. The first kappa shape index (κ1) is 14.9. The Balaban J connectivity index is 1.70. The molecule has 0 spiro atoms. The van der Waals surface area contributed by atoms with E-state index in [1.807, 2.05) is 6.07 Å². The highest BCUT2D eigenvalue weighted by Crippen LogP contribution is 2.35. The number of nitrogens with zero attached hydrogens (tertiary/aromatic N) is 1. The van der Waals surface area contributed by atoms with Crippen molar-refractivity contribution >= 4 is 27.3 Å². The van der Waals surface area contributed by atoms with Crippen molar-refractivity contribution in [3.63, 3.8) is 0 Å². The molecule has 0 atom stereocenters. The third kappa shape index (κ3) is 2.58. The third-order valence-electron chi connectivity index (χ3n) is 4.07. The predicted octanol–water partition coefficient (Wildman–Crippen LogP) is 1.70. The average Bonchev–Trinajstić information content (AvgIpc) is 3.01. The molecular weight excluding hydrogens is 330 g/mol. The van der Waals surface area contributed by atoms with Gasteiger partial charge in [-0.3, -0.25) is 14.5 Å². The van der Waals surface area contributed by atoms with E-state index in [1.165, 1.54) is 12.3 Å². The number of fused-ring (bicyclic) bond motifs is 2. The van der Waals surface area contributed by atoms with Crippen LogP contribution in [0.25, 0.3) is 0 Å². The van der Waals surface area contributed by atoms with Crippen molar-refractivity contribution in [3.8, 4) is 5.75 Å². The molecule has 8 heteroatoms. The number of rotatable bonds is 3. The molecule has 1 aromatic carbocycles. The van der Waals surface area contributed by atoms with Gasteiger partial charge in [0.05, 0.1) is 11.9 Å². The number of para-hydroxylation sites is 1.